The Balaban J connectivity index is 0.00000112. The van der Waals surface area contributed by atoms with E-state index >= 15 is 0 Å². The minimum atomic E-state index is 0. The molecule has 0 aliphatic heterocycles. The molecule has 1 heterocycles. The van der Waals surface area contributed by atoms with Gasteiger partial charge in [-0.25, -0.2) is 0 Å². The molecule has 0 fully saturated rings. The fourth-order valence-electron chi connectivity index (χ4n) is 1.23. The van der Waals surface area contributed by atoms with Crippen molar-refractivity contribution in [1.82, 2.24) is 10.1 Å². The molecule has 0 aliphatic carbocycles. The Morgan fingerprint density at radius 1 is 1.33 bits per heavy atom. The van der Waals surface area contributed by atoms with Crippen LogP contribution in [-0.4, -0.2) is 17.2 Å². The summed E-state index contributed by atoms with van der Waals surface area (Å²) in [4.78, 5) is 4.15. The zero-order valence-corrected chi connectivity index (χ0v) is 9.34. The van der Waals surface area contributed by atoms with Crippen molar-refractivity contribution in [2.24, 2.45) is 0 Å². The molecule has 80 valence electrons. The zero-order valence-electron chi connectivity index (χ0n) is 8.52. The quantitative estimate of drug-likeness (QED) is 0.853. The lowest BCUT2D eigenvalue weighted by molar-refractivity contribution is 0.434. The van der Waals surface area contributed by atoms with Crippen LogP contribution in [0.15, 0.2) is 28.8 Å². The van der Waals surface area contributed by atoms with Crippen molar-refractivity contribution in [2.45, 2.75) is 6.92 Å². The molecular formula is C10H12ClN3O. The molecule has 0 saturated carbocycles. The number of hydrogen-bond donors (Lipinski definition) is 1. The van der Waals surface area contributed by atoms with E-state index in [1.165, 1.54) is 5.56 Å². The first-order chi connectivity index (χ1) is 6.79. The Morgan fingerprint density at radius 3 is 2.73 bits per heavy atom. The van der Waals surface area contributed by atoms with Crippen LogP contribution in [0.1, 0.15) is 5.56 Å². The number of hydrogen-bond acceptors (Lipinski definition) is 4. The third-order valence-corrected chi connectivity index (χ3v) is 1.92. The van der Waals surface area contributed by atoms with E-state index < -0.39 is 0 Å². The average molecular weight is 226 g/mol. The Labute approximate surface area is 94.1 Å². The smallest absolute Gasteiger partial charge is 0.321 e. The summed E-state index contributed by atoms with van der Waals surface area (Å²) in [5.74, 6) is 0.609. The number of rotatable bonds is 2. The van der Waals surface area contributed by atoms with Crippen LogP contribution < -0.4 is 5.32 Å². The predicted molar refractivity (Wildman–Crippen MR) is 61.3 cm³/mol. The number of anilines is 1. The highest BCUT2D eigenvalue weighted by molar-refractivity contribution is 5.85. The van der Waals surface area contributed by atoms with Crippen LogP contribution >= 0.6 is 12.4 Å². The fraction of sp³-hybridized carbons (Fsp3) is 0.200. The second kappa shape index (κ2) is 4.79. The van der Waals surface area contributed by atoms with Gasteiger partial charge in [0.2, 0.25) is 5.82 Å². The molecule has 15 heavy (non-hydrogen) atoms. The molecule has 2 rings (SSSR count). The molecule has 5 heteroatoms. The summed E-state index contributed by atoms with van der Waals surface area (Å²) in [6, 6.07) is 8.41. The first kappa shape index (κ1) is 11.5. The Morgan fingerprint density at radius 2 is 2.13 bits per heavy atom. The van der Waals surface area contributed by atoms with Gasteiger partial charge in [0.25, 0.3) is 0 Å². The summed E-state index contributed by atoms with van der Waals surface area (Å²) in [7, 11) is 1.74. The monoisotopic (exact) mass is 225 g/mol. The first-order valence-electron chi connectivity index (χ1n) is 4.38. The van der Waals surface area contributed by atoms with Crippen LogP contribution in [-0.2, 0) is 0 Å². The molecule has 1 aromatic heterocycles. The average Bonchev–Trinajstić information content (AvgIpc) is 2.66. The van der Waals surface area contributed by atoms with Crippen LogP contribution in [0.5, 0.6) is 0 Å². The molecule has 0 radical (unpaired) electrons. The Kier molecular flexibility index (Phi) is 3.68. The van der Waals surface area contributed by atoms with Crippen LogP contribution in [0.2, 0.25) is 0 Å². The van der Waals surface area contributed by atoms with E-state index in [1.54, 1.807) is 7.05 Å². The van der Waals surface area contributed by atoms with Crippen molar-refractivity contribution in [2.75, 3.05) is 12.4 Å². The normalized spacial score (nSPS) is 9.47. The number of nitrogens with one attached hydrogen (secondary N) is 1. The number of aromatic nitrogens is 2. The van der Waals surface area contributed by atoms with Crippen LogP contribution in [0, 0.1) is 6.92 Å². The number of aryl methyl sites for hydroxylation is 1. The van der Waals surface area contributed by atoms with E-state index in [4.69, 9.17) is 4.52 Å². The van der Waals surface area contributed by atoms with Gasteiger partial charge in [-0.2, -0.15) is 4.98 Å². The molecule has 0 unspecified atom stereocenters. The predicted octanol–water partition coefficient (Wildman–Crippen LogP) is 2.51. The molecule has 1 aromatic carbocycles. The van der Waals surface area contributed by atoms with Gasteiger partial charge in [-0.15, -0.1) is 12.4 Å². The lowest BCUT2D eigenvalue weighted by Crippen LogP contribution is -1.87. The van der Waals surface area contributed by atoms with Gasteiger partial charge >= 0.3 is 6.01 Å². The zero-order chi connectivity index (χ0) is 9.97. The van der Waals surface area contributed by atoms with E-state index in [9.17, 15) is 0 Å². The minimum absolute atomic E-state index is 0. The minimum Gasteiger partial charge on any atom is -0.341 e. The van der Waals surface area contributed by atoms with Crippen molar-refractivity contribution < 1.29 is 4.52 Å². The summed E-state index contributed by atoms with van der Waals surface area (Å²) in [5, 5.41) is 6.64. The van der Waals surface area contributed by atoms with Crippen molar-refractivity contribution in [1.29, 1.82) is 0 Å². The lowest BCUT2D eigenvalue weighted by Gasteiger charge is -1.94. The van der Waals surface area contributed by atoms with Crippen LogP contribution in [0.3, 0.4) is 0 Å². The topological polar surface area (TPSA) is 51.0 Å². The van der Waals surface area contributed by atoms with Gasteiger partial charge < -0.3 is 9.84 Å². The molecule has 0 saturated heterocycles. The highest BCUT2D eigenvalue weighted by Crippen LogP contribution is 2.17. The molecule has 0 bridgehead atoms. The van der Waals surface area contributed by atoms with Crippen molar-refractivity contribution in [3.05, 3.63) is 29.8 Å². The maximum Gasteiger partial charge on any atom is 0.321 e. The number of nitrogens with zero attached hydrogens (tertiary/aromatic N) is 2. The first-order valence-corrected chi connectivity index (χ1v) is 4.38. The lowest BCUT2D eigenvalue weighted by atomic mass is 10.1. The summed E-state index contributed by atoms with van der Waals surface area (Å²) in [5.41, 5.74) is 2.15. The molecule has 0 amide bonds. The van der Waals surface area contributed by atoms with Crippen LogP contribution in [0.25, 0.3) is 11.4 Å². The Hall–Kier alpha value is -1.55. The molecule has 4 nitrogen and oxygen atoms in total. The van der Waals surface area contributed by atoms with E-state index in [0.29, 0.717) is 11.8 Å². The third kappa shape index (κ3) is 2.47. The molecule has 1 N–H and O–H groups in total. The van der Waals surface area contributed by atoms with Crippen molar-refractivity contribution in [3.63, 3.8) is 0 Å². The summed E-state index contributed by atoms with van der Waals surface area (Å²) >= 11 is 0. The third-order valence-electron chi connectivity index (χ3n) is 1.92. The maximum atomic E-state index is 4.94. The van der Waals surface area contributed by atoms with Gasteiger partial charge in [-0.3, -0.25) is 0 Å². The summed E-state index contributed by atoms with van der Waals surface area (Å²) in [6.07, 6.45) is 0. The number of benzene rings is 1. The Bertz CT molecular complexity index is 442. The van der Waals surface area contributed by atoms with Crippen molar-refractivity contribution in [3.8, 4) is 11.4 Å². The fourth-order valence-corrected chi connectivity index (χ4v) is 1.23. The number of halogens is 1. The standard InChI is InChI=1S/C10H11N3O.ClH/c1-7-4-3-5-8(6-7)9-12-10(11-2)14-13-9;/h3-6H,1-2H3,(H,11,12,13);1H. The molecule has 0 spiro atoms. The van der Waals surface area contributed by atoms with Gasteiger partial charge in [0, 0.05) is 12.6 Å². The van der Waals surface area contributed by atoms with Gasteiger partial charge in [0.15, 0.2) is 0 Å². The largest absolute Gasteiger partial charge is 0.341 e. The summed E-state index contributed by atoms with van der Waals surface area (Å²) < 4.78 is 4.94. The molecular weight excluding hydrogens is 214 g/mol. The van der Waals surface area contributed by atoms with E-state index in [2.05, 4.69) is 15.5 Å². The molecule has 0 atom stereocenters. The van der Waals surface area contributed by atoms with E-state index in [-0.39, 0.29) is 12.4 Å². The van der Waals surface area contributed by atoms with Gasteiger partial charge in [-0.05, 0) is 13.0 Å². The maximum absolute atomic E-state index is 4.94. The van der Waals surface area contributed by atoms with E-state index in [1.807, 2.05) is 31.2 Å². The van der Waals surface area contributed by atoms with Gasteiger partial charge in [0.1, 0.15) is 0 Å². The summed E-state index contributed by atoms with van der Waals surface area (Å²) in [6.45, 7) is 2.03. The molecule has 2 aromatic rings. The highest BCUT2D eigenvalue weighted by atomic mass is 35.5. The second-order valence-electron chi connectivity index (χ2n) is 3.04. The SMILES string of the molecule is CNc1nc(-c2cccc(C)c2)no1.Cl. The van der Waals surface area contributed by atoms with Gasteiger partial charge in [0.05, 0.1) is 0 Å². The van der Waals surface area contributed by atoms with Crippen LogP contribution in [0.4, 0.5) is 6.01 Å². The van der Waals surface area contributed by atoms with Gasteiger partial charge in [-0.1, -0.05) is 28.9 Å². The second-order valence-corrected chi connectivity index (χ2v) is 3.04. The van der Waals surface area contributed by atoms with Crippen molar-refractivity contribution >= 4 is 18.4 Å². The highest BCUT2D eigenvalue weighted by Gasteiger charge is 2.06. The molecule has 0 aliphatic rings. The van der Waals surface area contributed by atoms with E-state index in [0.717, 1.165) is 5.56 Å².